The number of aromatic nitrogens is 2. The third-order valence-corrected chi connectivity index (χ3v) is 5.87. The number of carbonyl (C=O) groups is 2. The van der Waals surface area contributed by atoms with Crippen LogP contribution in [0.15, 0.2) is 42.7 Å². The lowest BCUT2D eigenvalue weighted by Crippen LogP contribution is -2.49. The van der Waals surface area contributed by atoms with Crippen LogP contribution >= 0.6 is 11.6 Å². The quantitative estimate of drug-likeness (QED) is 0.585. The molecule has 0 unspecified atom stereocenters. The van der Waals surface area contributed by atoms with Crippen molar-refractivity contribution in [1.29, 1.82) is 0 Å². The van der Waals surface area contributed by atoms with Crippen LogP contribution in [-0.4, -0.2) is 71.1 Å². The topological polar surface area (TPSA) is 67.7 Å². The summed E-state index contributed by atoms with van der Waals surface area (Å²) in [6.07, 6.45) is 4.20. The highest BCUT2D eigenvalue weighted by Crippen LogP contribution is 2.26. The van der Waals surface area contributed by atoms with Crippen molar-refractivity contribution in [2.24, 2.45) is 7.05 Å². The normalized spacial score (nSPS) is 16.5. The Hall–Kier alpha value is -2.90. The van der Waals surface area contributed by atoms with Crippen molar-refractivity contribution in [3.63, 3.8) is 0 Å². The lowest BCUT2D eigenvalue weighted by Gasteiger charge is -2.35. The van der Waals surface area contributed by atoms with Crippen molar-refractivity contribution in [2.45, 2.75) is 12.5 Å². The molecule has 0 bridgehead atoms. The van der Waals surface area contributed by atoms with Gasteiger partial charge in [0.2, 0.25) is 0 Å². The number of benzene rings is 1. The van der Waals surface area contributed by atoms with Crippen molar-refractivity contribution in [3.05, 3.63) is 64.6 Å². The number of hydrogen-bond acceptors (Lipinski definition) is 4. The number of halogens is 1. The molecule has 1 saturated heterocycles. The zero-order chi connectivity index (χ0) is 22.1. The molecule has 3 aromatic rings. The van der Waals surface area contributed by atoms with Gasteiger partial charge < -0.3 is 19.1 Å². The second kappa shape index (κ2) is 8.69. The minimum absolute atomic E-state index is 0.0373. The lowest BCUT2D eigenvalue weighted by atomic mass is 10.0. The zero-order valence-corrected chi connectivity index (χ0v) is 18.6. The molecule has 1 aliphatic rings. The van der Waals surface area contributed by atoms with Crippen LogP contribution in [0, 0.1) is 0 Å². The molecule has 3 heterocycles. The maximum atomic E-state index is 13.1. The highest BCUT2D eigenvalue weighted by molar-refractivity contribution is 6.29. The molecule has 0 spiro atoms. The molecule has 1 atom stereocenters. The first-order valence-corrected chi connectivity index (χ1v) is 10.5. The van der Waals surface area contributed by atoms with E-state index in [0.717, 1.165) is 16.5 Å². The van der Waals surface area contributed by atoms with Gasteiger partial charge in [-0.05, 0) is 42.3 Å². The van der Waals surface area contributed by atoms with Gasteiger partial charge in [-0.1, -0.05) is 11.6 Å². The number of morpholine rings is 1. The summed E-state index contributed by atoms with van der Waals surface area (Å²) in [5, 5.41) is 1.37. The molecule has 1 aliphatic heterocycles. The fraction of sp³-hybridized carbons (Fsp3) is 0.348. The SMILES string of the molecule is CN(C)C(=O)c1ccc2c(c1)c(C[C@H]1COCCN1C(=O)c1ccc(Cl)nc1)cn2C. The van der Waals surface area contributed by atoms with E-state index >= 15 is 0 Å². The van der Waals surface area contributed by atoms with Crippen molar-refractivity contribution in [2.75, 3.05) is 33.9 Å². The second-order valence-electron chi connectivity index (χ2n) is 8.00. The Morgan fingerprint density at radius 3 is 2.71 bits per heavy atom. The van der Waals surface area contributed by atoms with Crippen LogP contribution in [0.2, 0.25) is 5.15 Å². The third kappa shape index (κ3) is 4.29. The van der Waals surface area contributed by atoms with Gasteiger partial charge in [0, 0.05) is 56.5 Å². The van der Waals surface area contributed by atoms with E-state index in [1.807, 2.05) is 34.7 Å². The molecule has 2 amide bonds. The minimum atomic E-state index is -0.115. The lowest BCUT2D eigenvalue weighted by molar-refractivity contribution is -0.00158. The van der Waals surface area contributed by atoms with Gasteiger partial charge in [0.05, 0.1) is 24.8 Å². The molecule has 4 rings (SSSR count). The Kier molecular flexibility index (Phi) is 5.98. The minimum Gasteiger partial charge on any atom is -0.377 e. The summed E-state index contributed by atoms with van der Waals surface area (Å²) in [5.74, 6) is -0.120. The number of rotatable bonds is 4. The Balaban J connectivity index is 1.64. The third-order valence-electron chi connectivity index (χ3n) is 5.64. The summed E-state index contributed by atoms with van der Waals surface area (Å²) in [7, 11) is 5.47. The van der Waals surface area contributed by atoms with Gasteiger partial charge in [0.1, 0.15) is 5.15 Å². The van der Waals surface area contributed by atoms with E-state index in [2.05, 4.69) is 11.2 Å². The van der Waals surface area contributed by atoms with Gasteiger partial charge in [-0.3, -0.25) is 9.59 Å². The van der Waals surface area contributed by atoms with Crippen LogP contribution in [0.3, 0.4) is 0 Å². The van der Waals surface area contributed by atoms with Crippen LogP contribution in [0.5, 0.6) is 0 Å². The Morgan fingerprint density at radius 1 is 1.23 bits per heavy atom. The van der Waals surface area contributed by atoms with E-state index < -0.39 is 0 Å². The van der Waals surface area contributed by atoms with Crippen molar-refractivity contribution < 1.29 is 14.3 Å². The molecule has 8 heteroatoms. The Bertz CT molecular complexity index is 1120. The predicted octanol–water partition coefficient (Wildman–Crippen LogP) is 3.01. The molecule has 0 aliphatic carbocycles. The second-order valence-corrected chi connectivity index (χ2v) is 8.39. The first-order chi connectivity index (χ1) is 14.8. The fourth-order valence-electron chi connectivity index (χ4n) is 4.04. The number of carbonyl (C=O) groups excluding carboxylic acids is 2. The molecule has 0 radical (unpaired) electrons. The molecule has 162 valence electrons. The van der Waals surface area contributed by atoms with Crippen molar-refractivity contribution in [1.82, 2.24) is 19.4 Å². The molecule has 1 aromatic carbocycles. The summed E-state index contributed by atoms with van der Waals surface area (Å²) < 4.78 is 7.75. The average Bonchev–Trinajstić information content (AvgIpc) is 3.08. The molecule has 0 N–H and O–H groups in total. The van der Waals surface area contributed by atoms with E-state index in [-0.39, 0.29) is 17.9 Å². The van der Waals surface area contributed by atoms with Crippen LogP contribution < -0.4 is 0 Å². The Morgan fingerprint density at radius 2 is 2.00 bits per heavy atom. The van der Waals surface area contributed by atoms with E-state index in [0.29, 0.717) is 42.5 Å². The maximum absolute atomic E-state index is 13.1. The van der Waals surface area contributed by atoms with E-state index in [1.165, 1.54) is 6.20 Å². The van der Waals surface area contributed by atoms with Crippen LogP contribution in [0.4, 0.5) is 0 Å². The monoisotopic (exact) mass is 440 g/mol. The largest absolute Gasteiger partial charge is 0.377 e. The van der Waals surface area contributed by atoms with E-state index in [1.54, 1.807) is 31.1 Å². The van der Waals surface area contributed by atoms with Gasteiger partial charge in [-0.25, -0.2) is 4.98 Å². The van der Waals surface area contributed by atoms with Crippen LogP contribution in [-0.2, 0) is 18.2 Å². The van der Waals surface area contributed by atoms with Crippen LogP contribution in [0.25, 0.3) is 10.9 Å². The zero-order valence-electron chi connectivity index (χ0n) is 17.8. The van der Waals surface area contributed by atoms with Crippen molar-refractivity contribution in [3.8, 4) is 0 Å². The first-order valence-electron chi connectivity index (χ1n) is 10.1. The molecule has 7 nitrogen and oxygen atoms in total. The van der Waals surface area contributed by atoms with Gasteiger partial charge in [0.15, 0.2) is 0 Å². The van der Waals surface area contributed by atoms with Crippen LogP contribution in [0.1, 0.15) is 26.3 Å². The maximum Gasteiger partial charge on any atom is 0.255 e. The summed E-state index contributed by atoms with van der Waals surface area (Å²) in [6, 6.07) is 8.96. The van der Waals surface area contributed by atoms with Gasteiger partial charge in [-0.15, -0.1) is 0 Å². The smallest absolute Gasteiger partial charge is 0.255 e. The van der Waals surface area contributed by atoms with E-state index in [4.69, 9.17) is 16.3 Å². The number of aryl methyl sites for hydroxylation is 1. The summed E-state index contributed by atoms with van der Waals surface area (Å²) in [4.78, 5) is 33.0. The van der Waals surface area contributed by atoms with Gasteiger partial charge >= 0.3 is 0 Å². The molecular weight excluding hydrogens is 416 g/mol. The van der Waals surface area contributed by atoms with Gasteiger partial charge in [0.25, 0.3) is 11.8 Å². The standard InChI is InChI=1S/C23H25ClN4O3/c1-26(2)22(29)15-4-6-20-19(11-15)17(13-27(20)3)10-18-14-31-9-8-28(18)23(30)16-5-7-21(24)25-12-16/h4-7,11-13,18H,8-10,14H2,1-3H3/t18-/m0/s1. The van der Waals surface area contributed by atoms with Gasteiger partial charge in [-0.2, -0.15) is 0 Å². The predicted molar refractivity (Wildman–Crippen MR) is 120 cm³/mol. The Labute approximate surface area is 186 Å². The van der Waals surface area contributed by atoms with E-state index in [9.17, 15) is 9.59 Å². The average molecular weight is 441 g/mol. The number of nitrogens with zero attached hydrogens (tertiary/aromatic N) is 4. The summed E-state index contributed by atoms with van der Waals surface area (Å²) >= 11 is 5.87. The molecule has 31 heavy (non-hydrogen) atoms. The summed E-state index contributed by atoms with van der Waals surface area (Å²) in [5.41, 5.74) is 3.27. The highest BCUT2D eigenvalue weighted by Gasteiger charge is 2.29. The highest BCUT2D eigenvalue weighted by atomic mass is 35.5. The number of amides is 2. The fourth-order valence-corrected chi connectivity index (χ4v) is 4.15. The summed E-state index contributed by atoms with van der Waals surface area (Å²) in [6.45, 7) is 1.47. The molecular formula is C23H25ClN4O3. The molecule has 0 saturated carbocycles. The number of hydrogen-bond donors (Lipinski definition) is 0. The number of ether oxygens (including phenoxy) is 1. The molecule has 2 aromatic heterocycles. The number of fused-ring (bicyclic) bond motifs is 1. The first kappa shape index (κ1) is 21.3. The number of pyridine rings is 1. The van der Waals surface area contributed by atoms with Crippen molar-refractivity contribution >= 4 is 34.3 Å². The molecule has 1 fully saturated rings.